The number of carbonyl (C=O) groups excluding carboxylic acids is 2. The van der Waals surface area contributed by atoms with Gasteiger partial charge in [-0.2, -0.15) is 0 Å². The van der Waals surface area contributed by atoms with Gasteiger partial charge in [0.1, 0.15) is 17.4 Å². The average Bonchev–Trinajstić information content (AvgIpc) is 2.69. The van der Waals surface area contributed by atoms with E-state index in [1.165, 1.54) is 48.5 Å². The molecule has 6 nitrogen and oxygen atoms in total. The molecule has 0 aliphatic carbocycles. The minimum atomic E-state index is -0.363. The number of nitrogens with one attached hydrogen (secondary N) is 1. The van der Waals surface area contributed by atoms with Crippen molar-refractivity contribution in [1.82, 2.24) is 9.80 Å². The average molecular weight is 389 g/mol. The van der Waals surface area contributed by atoms with E-state index in [2.05, 4.69) is 5.32 Å². The van der Waals surface area contributed by atoms with Crippen LogP contribution in [0.2, 0.25) is 0 Å². The normalized spacial score (nSPS) is 14.6. The molecule has 28 heavy (non-hydrogen) atoms. The standard InChI is InChI=1S/C20H21F2N3O3/c21-15-1-5-17(6-2-15)23-19(26)13-24-9-11-25(12-10-24)20(27)14-28-18-7-3-16(22)4-8-18/h1-8H,9-14H2,(H,23,26). The van der Waals surface area contributed by atoms with Crippen LogP contribution < -0.4 is 10.1 Å². The fourth-order valence-corrected chi connectivity index (χ4v) is 2.86. The maximum Gasteiger partial charge on any atom is 0.260 e. The van der Waals surface area contributed by atoms with Crippen LogP contribution in [0, 0.1) is 11.6 Å². The van der Waals surface area contributed by atoms with Crippen molar-refractivity contribution < 1.29 is 23.1 Å². The van der Waals surface area contributed by atoms with Gasteiger partial charge in [0.15, 0.2) is 6.61 Å². The first-order valence-corrected chi connectivity index (χ1v) is 8.93. The Morgan fingerprint density at radius 1 is 0.893 bits per heavy atom. The van der Waals surface area contributed by atoms with Crippen molar-refractivity contribution in [2.75, 3.05) is 44.6 Å². The van der Waals surface area contributed by atoms with E-state index in [4.69, 9.17) is 4.74 Å². The number of carbonyl (C=O) groups is 2. The smallest absolute Gasteiger partial charge is 0.260 e. The highest BCUT2D eigenvalue weighted by molar-refractivity contribution is 5.92. The summed E-state index contributed by atoms with van der Waals surface area (Å²) in [5.41, 5.74) is 0.540. The van der Waals surface area contributed by atoms with Gasteiger partial charge in [0, 0.05) is 31.9 Å². The van der Waals surface area contributed by atoms with Gasteiger partial charge in [-0.3, -0.25) is 14.5 Å². The summed E-state index contributed by atoms with van der Waals surface area (Å²) >= 11 is 0. The molecule has 1 heterocycles. The predicted octanol–water partition coefficient (Wildman–Crippen LogP) is 2.13. The fourth-order valence-electron chi connectivity index (χ4n) is 2.86. The van der Waals surface area contributed by atoms with E-state index in [0.717, 1.165) is 0 Å². The molecule has 0 atom stereocenters. The van der Waals surface area contributed by atoms with Crippen molar-refractivity contribution in [3.8, 4) is 5.75 Å². The Kier molecular flexibility index (Phi) is 6.54. The molecule has 0 unspecified atom stereocenters. The highest BCUT2D eigenvalue weighted by atomic mass is 19.1. The third kappa shape index (κ3) is 5.75. The molecule has 148 valence electrons. The SMILES string of the molecule is O=C(CN1CCN(C(=O)COc2ccc(F)cc2)CC1)Nc1ccc(F)cc1. The number of ether oxygens (including phenoxy) is 1. The van der Waals surface area contributed by atoms with Gasteiger partial charge in [0.05, 0.1) is 6.54 Å². The van der Waals surface area contributed by atoms with Crippen LogP contribution in [0.5, 0.6) is 5.75 Å². The molecular weight excluding hydrogens is 368 g/mol. The summed E-state index contributed by atoms with van der Waals surface area (Å²) in [7, 11) is 0. The molecule has 2 amide bonds. The molecule has 0 bridgehead atoms. The molecule has 0 radical (unpaired) electrons. The lowest BCUT2D eigenvalue weighted by Crippen LogP contribution is -2.51. The Labute approximate surface area is 161 Å². The van der Waals surface area contributed by atoms with Crippen molar-refractivity contribution in [2.45, 2.75) is 0 Å². The molecule has 3 rings (SSSR count). The van der Waals surface area contributed by atoms with Crippen molar-refractivity contribution in [3.63, 3.8) is 0 Å². The summed E-state index contributed by atoms with van der Waals surface area (Å²) in [6.07, 6.45) is 0. The van der Waals surface area contributed by atoms with Crippen LogP contribution in [0.15, 0.2) is 48.5 Å². The van der Waals surface area contributed by atoms with Crippen molar-refractivity contribution in [1.29, 1.82) is 0 Å². The minimum absolute atomic E-state index is 0.114. The summed E-state index contributed by atoms with van der Waals surface area (Å²) in [4.78, 5) is 28.0. The maximum absolute atomic E-state index is 12.9. The van der Waals surface area contributed by atoms with E-state index < -0.39 is 0 Å². The predicted molar refractivity (Wildman–Crippen MR) is 99.9 cm³/mol. The monoisotopic (exact) mass is 389 g/mol. The third-order valence-electron chi connectivity index (χ3n) is 4.40. The summed E-state index contributed by atoms with van der Waals surface area (Å²) in [5, 5.41) is 2.72. The summed E-state index contributed by atoms with van der Waals surface area (Å²) in [6, 6.07) is 11.1. The number of rotatable bonds is 6. The maximum atomic E-state index is 12.9. The van der Waals surface area contributed by atoms with Crippen LogP contribution >= 0.6 is 0 Å². The summed E-state index contributed by atoms with van der Waals surface area (Å²) in [5.74, 6) is -0.628. The zero-order chi connectivity index (χ0) is 19.9. The lowest BCUT2D eigenvalue weighted by atomic mass is 10.3. The molecule has 1 aliphatic rings. The molecule has 0 aromatic heterocycles. The summed E-state index contributed by atoms with van der Waals surface area (Å²) < 4.78 is 31.1. The van der Waals surface area contributed by atoms with Crippen LogP contribution in [0.25, 0.3) is 0 Å². The largest absolute Gasteiger partial charge is 0.484 e. The van der Waals surface area contributed by atoms with Gasteiger partial charge in [0.2, 0.25) is 5.91 Å². The second-order valence-corrected chi connectivity index (χ2v) is 6.45. The number of piperazine rings is 1. The Hall–Kier alpha value is -3.00. The van der Waals surface area contributed by atoms with E-state index in [0.29, 0.717) is 37.6 Å². The van der Waals surface area contributed by atoms with Gasteiger partial charge < -0.3 is 15.0 Å². The fraction of sp³-hybridized carbons (Fsp3) is 0.300. The number of hydrogen-bond donors (Lipinski definition) is 1. The second kappa shape index (κ2) is 9.27. The van der Waals surface area contributed by atoms with Gasteiger partial charge in [-0.05, 0) is 48.5 Å². The van der Waals surface area contributed by atoms with Gasteiger partial charge in [-0.15, -0.1) is 0 Å². The van der Waals surface area contributed by atoms with Gasteiger partial charge in [-0.1, -0.05) is 0 Å². The van der Waals surface area contributed by atoms with E-state index >= 15 is 0 Å². The minimum Gasteiger partial charge on any atom is -0.484 e. The third-order valence-corrected chi connectivity index (χ3v) is 4.40. The molecule has 0 saturated carbocycles. The zero-order valence-electron chi connectivity index (χ0n) is 15.2. The summed E-state index contributed by atoms with van der Waals surface area (Å²) in [6.45, 7) is 2.21. The van der Waals surface area contributed by atoms with Crippen LogP contribution in [0.1, 0.15) is 0 Å². The first kappa shape index (κ1) is 19.8. The molecule has 0 spiro atoms. The number of hydrogen-bond acceptors (Lipinski definition) is 4. The molecule has 1 fully saturated rings. The first-order chi connectivity index (χ1) is 13.5. The quantitative estimate of drug-likeness (QED) is 0.822. The molecule has 1 aliphatic heterocycles. The van der Waals surface area contributed by atoms with Gasteiger partial charge >= 0.3 is 0 Å². The van der Waals surface area contributed by atoms with E-state index in [1.807, 2.05) is 4.90 Å². The van der Waals surface area contributed by atoms with Gasteiger partial charge in [0.25, 0.3) is 5.91 Å². The van der Waals surface area contributed by atoms with E-state index in [9.17, 15) is 18.4 Å². The first-order valence-electron chi connectivity index (χ1n) is 8.93. The number of anilines is 1. The van der Waals surface area contributed by atoms with Crippen molar-refractivity contribution in [2.24, 2.45) is 0 Å². The lowest BCUT2D eigenvalue weighted by Gasteiger charge is -2.34. The highest BCUT2D eigenvalue weighted by Gasteiger charge is 2.22. The van der Waals surface area contributed by atoms with Crippen LogP contribution in [0.4, 0.5) is 14.5 Å². The topological polar surface area (TPSA) is 61.9 Å². The number of halogens is 2. The second-order valence-electron chi connectivity index (χ2n) is 6.45. The lowest BCUT2D eigenvalue weighted by molar-refractivity contribution is -0.135. The molecule has 1 saturated heterocycles. The number of nitrogens with zero attached hydrogens (tertiary/aromatic N) is 2. The van der Waals surface area contributed by atoms with Crippen LogP contribution in [0.3, 0.4) is 0 Å². The Balaban J connectivity index is 1.38. The van der Waals surface area contributed by atoms with Crippen LogP contribution in [-0.2, 0) is 9.59 Å². The van der Waals surface area contributed by atoms with Crippen molar-refractivity contribution >= 4 is 17.5 Å². The zero-order valence-corrected chi connectivity index (χ0v) is 15.2. The number of benzene rings is 2. The molecule has 1 N–H and O–H groups in total. The molecular formula is C20H21F2N3O3. The van der Waals surface area contributed by atoms with Gasteiger partial charge in [-0.25, -0.2) is 8.78 Å². The molecule has 2 aromatic rings. The highest BCUT2D eigenvalue weighted by Crippen LogP contribution is 2.12. The van der Waals surface area contributed by atoms with Crippen LogP contribution in [-0.4, -0.2) is 60.9 Å². The number of amides is 2. The van der Waals surface area contributed by atoms with Crippen molar-refractivity contribution in [3.05, 3.63) is 60.2 Å². The van der Waals surface area contributed by atoms with E-state index in [-0.39, 0.29) is 36.6 Å². The Morgan fingerprint density at radius 3 is 2.07 bits per heavy atom. The Morgan fingerprint density at radius 2 is 1.46 bits per heavy atom. The molecule has 2 aromatic carbocycles. The van der Waals surface area contributed by atoms with E-state index in [1.54, 1.807) is 4.90 Å². The Bertz CT molecular complexity index is 804. The molecule has 8 heteroatoms.